The molecule has 3 amide bonds. The van der Waals surface area contributed by atoms with Crippen LogP contribution < -0.4 is 30.3 Å². The van der Waals surface area contributed by atoms with Gasteiger partial charge in [-0.15, -0.1) is 0 Å². The van der Waals surface area contributed by atoms with E-state index in [1.807, 2.05) is 36.4 Å². The van der Waals surface area contributed by atoms with Crippen LogP contribution in [-0.2, 0) is 4.79 Å². The molecule has 3 aromatic rings. The van der Waals surface area contributed by atoms with Crippen molar-refractivity contribution in [1.82, 2.24) is 0 Å². The highest BCUT2D eigenvalue weighted by molar-refractivity contribution is 6.05. The molecule has 5 rings (SSSR count). The van der Waals surface area contributed by atoms with Gasteiger partial charge in [-0.25, -0.2) is 4.79 Å². The highest BCUT2D eigenvalue weighted by Gasteiger charge is 2.31. The standard InChI is InChI=1S/C27H28N4O4/c1-34-20-12-10-19(11-13-20)28-27(33)30-21-16-22-24(17-23(21)31-14-6-3-7-15-31)35-25(26(32)29-22)18-8-4-2-5-9-18/h2,4-5,8-13,16-17,25H,3,6-7,14-15H2,1H3,(H,29,32)(H2,28,30,33). The second-order valence-corrected chi connectivity index (χ2v) is 8.62. The molecule has 0 aromatic heterocycles. The van der Waals surface area contributed by atoms with E-state index in [4.69, 9.17) is 9.47 Å². The molecule has 2 aliphatic rings. The number of hydrogen-bond donors (Lipinski definition) is 3. The van der Waals surface area contributed by atoms with Crippen LogP contribution in [0.1, 0.15) is 30.9 Å². The molecule has 2 aliphatic heterocycles. The van der Waals surface area contributed by atoms with Gasteiger partial charge in [0.05, 0.1) is 24.2 Å². The summed E-state index contributed by atoms with van der Waals surface area (Å²) in [5.41, 5.74) is 3.44. The van der Waals surface area contributed by atoms with Crippen LogP contribution in [0.15, 0.2) is 66.7 Å². The molecule has 0 radical (unpaired) electrons. The maximum absolute atomic E-state index is 12.9. The van der Waals surface area contributed by atoms with Crippen LogP contribution in [-0.4, -0.2) is 32.1 Å². The smallest absolute Gasteiger partial charge is 0.323 e. The largest absolute Gasteiger partial charge is 0.497 e. The lowest BCUT2D eigenvalue weighted by Crippen LogP contribution is -2.33. The van der Waals surface area contributed by atoms with E-state index in [-0.39, 0.29) is 11.9 Å². The van der Waals surface area contributed by atoms with Gasteiger partial charge in [0.25, 0.3) is 5.91 Å². The molecule has 180 valence electrons. The molecule has 1 unspecified atom stereocenters. The maximum atomic E-state index is 12.9. The number of methoxy groups -OCH3 is 1. The first-order valence-corrected chi connectivity index (χ1v) is 11.8. The average molecular weight is 473 g/mol. The molecule has 1 atom stereocenters. The lowest BCUT2D eigenvalue weighted by atomic mass is 10.1. The van der Waals surface area contributed by atoms with Crippen molar-refractivity contribution >= 4 is 34.7 Å². The van der Waals surface area contributed by atoms with Gasteiger partial charge in [-0.1, -0.05) is 30.3 Å². The first-order valence-electron chi connectivity index (χ1n) is 11.8. The van der Waals surface area contributed by atoms with Gasteiger partial charge in [-0.3, -0.25) is 4.79 Å². The van der Waals surface area contributed by atoms with Crippen molar-refractivity contribution in [2.24, 2.45) is 0 Å². The predicted octanol–water partition coefficient (Wildman–Crippen LogP) is 5.40. The van der Waals surface area contributed by atoms with E-state index in [0.29, 0.717) is 28.6 Å². The van der Waals surface area contributed by atoms with E-state index in [2.05, 4.69) is 20.9 Å². The highest BCUT2D eigenvalue weighted by atomic mass is 16.5. The molecule has 3 aromatic carbocycles. The molecule has 0 spiro atoms. The number of benzene rings is 3. The summed E-state index contributed by atoms with van der Waals surface area (Å²) in [7, 11) is 1.60. The monoisotopic (exact) mass is 472 g/mol. The van der Waals surface area contributed by atoms with Crippen LogP contribution in [0.25, 0.3) is 0 Å². The van der Waals surface area contributed by atoms with Gasteiger partial charge < -0.3 is 30.3 Å². The number of nitrogens with one attached hydrogen (secondary N) is 3. The Bertz CT molecular complexity index is 1210. The van der Waals surface area contributed by atoms with Gasteiger partial charge in [-0.05, 0) is 49.6 Å². The van der Waals surface area contributed by atoms with Crippen molar-refractivity contribution in [2.75, 3.05) is 41.0 Å². The Kier molecular flexibility index (Phi) is 6.43. The van der Waals surface area contributed by atoms with Gasteiger partial charge in [0.2, 0.25) is 6.10 Å². The van der Waals surface area contributed by atoms with Crippen LogP contribution in [0.3, 0.4) is 0 Å². The van der Waals surface area contributed by atoms with Gasteiger partial charge in [0.15, 0.2) is 0 Å². The number of fused-ring (bicyclic) bond motifs is 1. The van der Waals surface area contributed by atoms with Crippen LogP contribution in [0, 0.1) is 0 Å². The van der Waals surface area contributed by atoms with Crippen LogP contribution in [0.5, 0.6) is 11.5 Å². The summed E-state index contributed by atoms with van der Waals surface area (Å²) in [6.45, 7) is 1.78. The maximum Gasteiger partial charge on any atom is 0.323 e. The normalized spacial score (nSPS) is 17.0. The fraction of sp³-hybridized carbons (Fsp3) is 0.259. The fourth-order valence-corrected chi connectivity index (χ4v) is 4.45. The van der Waals surface area contributed by atoms with Crippen LogP contribution >= 0.6 is 0 Å². The number of rotatable bonds is 5. The third kappa shape index (κ3) is 5.01. The van der Waals surface area contributed by atoms with E-state index in [0.717, 1.165) is 37.2 Å². The van der Waals surface area contributed by atoms with E-state index < -0.39 is 6.10 Å². The number of nitrogens with zero attached hydrogens (tertiary/aromatic N) is 1. The molecule has 0 bridgehead atoms. The molecule has 8 nitrogen and oxygen atoms in total. The van der Waals surface area contributed by atoms with Gasteiger partial charge in [0, 0.05) is 30.4 Å². The second-order valence-electron chi connectivity index (χ2n) is 8.62. The molecule has 1 fully saturated rings. The Hall–Kier alpha value is -4.20. The Balaban J connectivity index is 1.42. The lowest BCUT2D eigenvalue weighted by Gasteiger charge is -2.33. The van der Waals surface area contributed by atoms with Crippen molar-refractivity contribution in [2.45, 2.75) is 25.4 Å². The third-order valence-electron chi connectivity index (χ3n) is 6.23. The van der Waals surface area contributed by atoms with Crippen molar-refractivity contribution in [3.05, 3.63) is 72.3 Å². The lowest BCUT2D eigenvalue weighted by molar-refractivity contribution is -0.123. The molecule has 3 N–H and O–H groups in total. The first-order chi connectivity index (χ1) is 17.1. The molecular weight excluding hydrogens is 444 g/mol. The summed E-state index contributed by atoms with van der Waals surface area (Å²) >= 11 is 0. The number of piperidine rings is 1. The number of amides is 3. The highest BCUT2D eigenvalue weighted by Crippen LogP contribution is 2.42. The fourth-order valence-electron chi connectivity index (χ4n) is 4.45. The summed E-state index contributed by atoms with van der Waals surface area (Å²) in [5.74, 6) is 1.05. The summed E-state index contributed by atoms with van der Waals surface area (Å²) < 4.78 is 11.3. The Morgan fingerprint density at radius 2 is 1.74 bits per heavy atom. The topological polar surface area (TPSA) is 91.9 Å². The van der Waals surface area contributed by atoms with Gasteiger partial charge in [0.1, 0.15) is 11.5 Å². The van der Waals surface area contributed by atoms with Gasteiger partial charge >= 0.3 is 6.03 Å². The second kappa shape index (κ2) is 9.97. The summed E-state index contributed by atoms with van der Waals surface area (Å²) in [5, 5.41) is 8.76. The van der Waals surface area contributed by atoms with Crippen LogP contribution in [0.4, 0.5) is 27.5 Å². The van der Waals surface area contributed by atoms with Crippen molar-refractivity contribution in [1.29, 1.82) is 0 Å². The minimum absolute atomic E-state index is 0.247. The molecule has 0 saturated carbocycles. The van der Waals surface area contributed by atoms with Crippen LogP contribution in [0.2, 0.25) is 0 Å². The van der Waals surface area contributed by atoms with Crippen molar-refractivity contribution < 1.29 is 19.1 Å². The van der Waals surface area contributed by atoms with Crippen molar-refractivity contribution in [3.63, 3.8) is 0 Å². The number of carbonyl (C=O) groups is 2. The minimum atomic E-state index is -0.727. The average Bonchev–Trinajstić information content (AvgIpc) is 2.89. The number of hydrogen-bond acceptors (Lipinski definition) is 5. The molecule has 35 heavy (non-hydrogen) atoms. The third-order valence-corrected chi connectivity index (χ3v) is 6.23. The molecule has 8 heteroatoms. The van der Waals surface area contributed by atoms with E-state index in [1.165, 1.54) is 6.42 Å². The Labute approximate surface area is 204 Å². The first kappa shape index (κ1) is 22.6. The van der Waals surface area contributed by atoms with Gasteiger partial charge in [-0.2, -0.15) is 0 Å². The van der Waals surface area contributed by atoms with E-state index in [1.54, 1.807) is 37.4 Å². The number of anilines is 4. The zero-order chi connectivity index (χ0) is 24.2. The zero-order valence-electron chi connectivity index (χ0n) is 19.5. The SMILES string of the molecule is COc1ccc(NC(=O)Nc2cc3c(cc2N2CCCCC2)OC(c2ccccc2)C(=O)N3)cc1. The summed E-state index contributed by atoms with van der Waals surface area (Å²) in [6.07, 6.45) is 2.62. The number of urea groups is 1. The molecular formula is C27H28N4O4. The quantitative estimate of drug-likeness (QED) is 0.462. The summed E-state index contributed by atoms with van der Waals surface area (Å²) in [4.78, 5) is 27.9. The Morgan fingerprint density at radius 1 is 1.00 bits per heavy atom. The minimum Gasteiger partial charge on any atom is -0.497 e. The van der Waals surface area contributed by atoms with Crippen molar-refractivity contribution in [3.8, 4) is 11.5 Å². The zero-order valence-corrected chi connectivity index (χ0v) is 19.5. The molecule has 1 saturated heterocycles. The predicted molar refractivity (Wildman–Crippen MR) is 137 cm³/mol. The van der Waals surface area contributed by atoms with E-state index >= 15 is 0 Å². The summed E-state index contributed by atoms with van der Waals surface area (Å²) in [6, 6.07) is 19.8. The van der Waals surface area contributed by atoms with E-state index in [9.17, 15) is 9.59 Å². The Morgan fingerprint density at radius 3 is 2.46 bits per heavy atom. The molecule has 0 aliphatic carbocycles. The number of ether oxygens (including phenoxy) is 2. The number of carbonyl (C=O) groups excluding carboxylic acids is 2. The molecule has 2 heterocycles.